The van der Waals surface area contributed by atoms with Gasteiger partial charge in [-0.2, -0.15) is 0 Å². The lowest BCUT2D eigenvalue weighted by Gasteiger charge is -2.03. The molecule has 50 valence electrons. The van der Waals surface area contributed by atoms with E-state index in [-0.39, 0.29) is 11.8 Å². The summed E-state index contributed by atoms with van der Waals surface area (Å²) in [5, 5.41) is 3.01. The summed E-state index contributed by atoms with van der Waals surface area (Å²) < 4.78 is 0. The topological polar surface area (TPSA) is 29.1 Å². The Morgan fingerprint density at radius 1 is 1.89 bits per heavy atom. The molecule has 0 spiro atoms. The molecule has 0 aliphatic carbocycles. The highest BCUT2D eigenvalue weighted by molar-refractivity contribution is 5.82. The third-order valence-electron chi connectivity index (χ3n) is 1.60. The predicted octanol–water partition coefficient (Wildman–Crippen LogP) is 0.841. The van der Waals surface area contributed by atoms with Gasteiger partial charge >= 0.3 is 0 Å². The van der Waals surface area contributed by atoms with Crippen LogP contribution in [-0.2, 0) is 4.79 Å². The fraction of sp³-hybridized carbons (Fsp3) is 0.571. The molecular formula is C7H11NO. The number of hydrogen-bond donors (Lipinski definition) is 1. The molecule has 0 aromatic rings. The quantitative estimate of drug-likeness (QED) is 0.562. The Morgan fingerprint density at radius 3 is 2.78 bits per heavy atom. The van der Waals surface area contributed by atoms with Gasteiger partial charge in [0.25, 0.3) is 0 Å². The average molecular weight is 125 g/mol. The van der Waals surface area contributed by atoms with Crippen LogP contribution >= 0.6 is 0 Å². The summed E-state index contributed by atoms with van der Waals surface area (Å²) in [5.41, 5.74) is 0.996. The maximum atomic E-state index is 10.7. The first-order valence-electron chi connectivity index (χ1n) is 3.15. The number of allylic oxidation sites excluding steroid dienone is 1. The van der Waals surface area contributed by atoms with Crippen molar-refractivity contribution in [1.82, 2.24) is 5.32 Å². The van der Waals surface area contributed by atoms with E-state index in [1.807, 2.05) is 0 Å². The van der Waals surface area contributed by atoms with E-state index in [9.17, 15) is 4.79 Å². The Hall–Kier alpha value is -0.790. The molecule has 1 unspecified atom stereocenters. The third kappa shape index (κ3) is 1.31. The molecule has 0 bridgehead atoms. The van der Waals surface area contributed by atoms with Crippen molar-refractivity contribution in [3.8, 4) is 0 Å². The molecule has 0 radical (unpaired) electrons. The molecule has 2 nitrogen and oxygen atoms in total. The second kappa shape index (κ2) is 2.21. The van der Waals surface area contributed by atoms with Gasteiger partial charge < -0.3 is 5.32 Å². The third-order valence-corrected chi connectivity index (χ3v) is 1.60. The van der Waals surface area contributed by atoms with Gasteiger partial charge in [-0.15, -0.1) is 0 Å². The van der Waals surface area contributed by atoms with Gasteiger partial charge in [-0.3, -0.25) is 4.79 Å². The van der Waals surface area contributed by atoms with Crippen LogP contribution < -0.4 is 5.32 Å². The maximum Gasteiger partial charge on any atom is 0.151 e. The molecule has 1 fully saturated rings. The van der Waals surface area contributed by atoms with Gasteiger partial charge in [0.15, 0.2) is 5.78 Å². The van der Waals surface area contributed by atoms with Crippen LogP contribution in [0.4, 0.5) is 0 Å². The van der Waals surface area contributed by atoms with Crippen LogP contribution in [0.25, 0.3) is 0 Å². The van der Waals surface area contributed by atoms with Gasteiger partial charge in [0.1, 0.15) is 0 Å². The minimum Gasteiger partial charge on any atom is -0.379 e. The van der Waals surface area contributed by atoms with Crippen LogP contribution in [0.3, 0.4) is 0 Å². The Bertz CT molecular complexity index is 151. The lowest BCUT2D eigenvalue weighted by atomic mass is 10.2. The largest absolute Gasteiger partial charge is 0.379 e. The minimum absolute atomic E-state index is 0.0532. The number of hydrogen-bond acceptors (Lipinski definition) is 2. The summed E-state index contributed by atoms with van der Waals surface area (Å²) in [6.45, 7) is 5.33. The van der Waals surface area contributed by atoms with Gasteiger partial charge in [0, 0.05) is 5.70 Å². The zero-order chi connectivity index (χ0) is 6.85. The molecule has 1 aliphatic rings. The predicted molar refractivity (Wildman–Crippen MR) is 36.0 cm³/mol. The summed E-state index contributed by atoms with van der Waals surface area (Å²) in [6, 6.07) is 0.0532. The van der Waals surface area contributed by atoms with Gasteiger partial charge in [0.2, 0.25) is 0 Å². The van der Waals surface area contributed by atoms with Crippen LogP contribution in [-0.4, -0.2) is 11.8 Å². The normalized spacial score (nSPS) is 25.9. The summed E-state index contributed by atoms with van der Waals surface area (Å²) in [6.07, 6.45) is 1.87. The molecule has 1 heterocycles. The Morgan fingerprint density at radius 2 is 2.56 bits per heavy atom. The molecule has 1 N–H and O–H groups in total. The molecule has 1 aliphatic heterocycles. The fourth-order valence-corrected chi connectivity index (χ4v) is 1.01. The zero-order valence-corrected chi connectivity index (χ0v) is 5.61. The van der Waals surface area contributed by atoms with E-state index in [4.69, 9.17) is 0 Å². The summed E-state index contributed by atoms with van der Waals surface area (Å²) in [5.74, 6) is 0.216. The first kappa shape index (κ1) is 6.33. The van der Waals surface area contributed by atoms with Crippen LogP contribution in [0, 0.1) is 0 Å². The SMILES string of the molecule is C=C1CCC(C(C)=O)N1. The zero-order valence-electron chi connectivity index (χ0n) is 5.61. The molecule has 0 aromatic heterocycles. The van der Waals surface area contributed by atoms with E-state index in [2.05, 4.69) is 11.9 Å². The summed E-state index contributed by atoms with van der Waals surface area (Å²) in [7, 11) is 0. The van der Waals surface area contributed by atoms with Crippen molar-refractivity contribution in [2.45, 2.75) is 25.8 Å². The highest BCUT2D eigenvalue weighted by atomic mass is 16.1. The molecule has 9 heavy (non-hydrogen) atoms. The van der Waals surface area contributed by atoms with Gasteiger partial charge in [0.05, 0.1) is 6.04 Å². The molecule has 2 heteroatoms. The summed E-state index contributed by atoms with van der Waals surface area (Å²) in [4.78, 5) is 10.7. The second-order valence-electron chi connectivity index (χ2n) is 2.45. The number of Topliss-reactive ketones (excluding diaryl/α,β-unsaturated/α-hetero) is 1. The second-order valence-corrected chi connectivity index (χ2v) is 2.45. The van der Waals surface area contributed by atoms with Crippen molar-refractivity contribution >= 4 is 5.78 Å². The van der Waals surface area contributed by atoms with E-state index in [0.717, 1.165) is 18.5 Å². The van der Waals surface area contributed by atoms with Gasteiger partial charge in [-0.1, -0.05) is 6.58 Å². The van der Waals surface area contributed by atoms with Crippen LogP contribution in [0.1, 0.15) is 19.8 Å². The minimum atomic E-state index is 0.0532. The van der Waals surface area contributed by atoms with Crippen molar-refractivity contribution in [3.05, 3.63) is 12.3 Å². The molecular weight excluding hydrogens is 114 g/mol. The monoisotopic (exact) mass is 125 g/mol. The maximum absolute atomic E-state index is 10.7. The van der Waals surface area contributed by atoms with Crippen molar-refractivity contribution in [2.75, 3.05) is 0 Å². The molecule has 0 amide bonds. The molecule has 1 atom stereocenters. The van der Waals surface area contributed by atoms with E-state index in [1.54, 1.807) is 6.92 Å². The first-order chi connectivity index (χ1) is 4.20. The van der Waals surface area contributed by atoms with E-state index in [0.29, 0.717) is 0 Å². The number of nitrogens with one attached hydrogen (secondary N) is 1. The van der Waals surface area contributed by atoms with Gasteiger partial charge in [-0.25, -0.2) is 0 Å². The van der Waals surface area contributed by atoms with Crippen LogP contribution in [0.2, 0.25) is 0 Å². The fourth-order valence-electron chi connectivity index (χ4n) is 1.01. The number of carbonyl (C=O) groups excluding carboxylic acids is 1. The molecule has 1 rings (SSSR count). The number of ketones is 1. The molecule has 0 saturated carbocycles. The van der Waals surface area contributed by atoms with E-state index >= 15 is 0 Å². The Kier molecular flexibility index (Phi) is 1.56. The lowest BCUT2D eigenvalue weighted by molar-refractivity contribution is -0.118. The highest BCUT2D eigenvalue weighted by Gasteiger charge is 2.19. The highest BCUT2D eigenvalue weighted by Crippen LogP contribution is 2.13. The van der Waals surface area contributed by atoms with Crippen molar-refractivity contribution in [3.63, 3.8) is 0 Å². The smallest absolute Gasteiger partial charge is 0.151 e. The lowest BCUT2D eigenvalue weighted by Crippen LogP contribution is -2.27. The number of rotatable bonds is 1. The van der Waals surface area contributed by atoms with Crippen LogP contribution in [0.15, 0.2) is 12.3 Å². The van der Waals surface area contributed by atoms with Crippen molar-refractivity contribution < 1.29 is 4.79 Å². The van der Waals surface area contributed by atoms with Crippen molar-refractivity contribution in [2.24, 2.45) is 0 Å². The van der Waals surface area contributed by atoms with E-state index < -0.39 is 0 Å². The van der Waals surface area contributed by atoms with Gasteiger partial charge in [-0.05, 0) is 19.8 Å². The number of carbonyl (C=O) groups is 1. The standard InChI is InChI=1S/C7H11NO/c1-5-3-4-7(8-5)6(2)9/h7-8H,1,3-4H2,2H3. The van der Waals surface area contributed by atoms with Crippen LogP contribution in [0.5, 0.6) is 0 Å². The van der Waals surface area contributed by atoms with Crippen molar-refractivity contribution in [1.29, 1.82) is 0 Å². The average Bonchev–Trinajstić information content (AvgIpc) is 2.14. The first-order valence-corrected chi connectivity index (χ1v) is 3.15. The summed E-state index contributed by atoms with van der Waals surface area (Å²) >= 11 is 0. The molecule has 0 aromatic carbocycles. The van der Waals surface area contributed by atoms with E-state index in [1.165, 1.54) is 0 Å². The Balaban J connectivity index is 2.48. The Labute approximate surface area is 54.9 Å². The molecule has 1 saturated heterocycles.